The van der Waals surface area contributed by atoms with Crippen molar-refractivity contribution in [2.45, 2.75) is 25.3 Å². The molecular formula is C14H19N4O3. The molecule has 7 heteroatoms. The number of nitrogens with one attached hydrogen (secondary N) is 3. The first-order valence-electron chi connectivity index (χ1n) is 7.02. The number of likely N-dealkylation sites (tertiary alicyclic amines) is 1. The van der Waals surface area contributed by atoms with E-state index in [0.29, 0.717) is 19.5 Å². The Balaban J connectivity index is 1.91. The highest BCUT2D eigenvalue weighted by Crippen LogP contribution is 2.11. The summed E-state index contributed by atoms with van der Waals surface area (Å²) in [6, 6.07) is -0.573. The first kappa shape index (κ1) is 15.1. The number of rotatable bonds is 5. The molecule has 7 nitrogen and oxygen atoms in total. The molecule has 3 amide bonds. The topological polar surface area (TPSA) is 90.5 Å². The molecule has 0 aromatic heterocycles. The van der Waals surface area contributed by atoms with E-state index in [-0.39, 0.29) is 18.4 Å². The maximum Gasteiger partial charge on any atom is 0.309 e. The summed E-state index contributed by atoms with van der Waals surface area (Å²) < 4.78 is 0. The number of carbonyl (C=O) groups excluding carboxylic acids is 3. The van der Waals surface area contributed by atoms with E-state index in [9.17, 15) is 14.4 Å². The minimum absolute atomic E-state index is 0.00548. The van der Waals surface area contributed by atoms with Crippen LogP contribution >= 0.6 is 0 Å². The van der Waals surface area contributed by atoms with E-state index < -0.39 is 6.04 Å². The lowest BCUT2D eigenvalue weighted by atomic mass is 10.1. The summed E-state index contributed by atoms with van der Waals surface area (Å²) in [7, 11) is 0. The fourth-order valence-electron chi connectivity index (χ4n) is 2.39. The number of hydrogen-bond donors (Lipinski definition) is 3. The SMILES string of the molecule is O=[C]N[C@H]1CCCCN(CC(=O)NC2=CCNC=C2)C1=O. The molecule has 3 N–H and O–H groups in total. The van der Waals surface area contributed by atoms with Crippen LogP contribution in [0.5, 0.6) is 0 Å². The van der Waals surface area contributed by atoms with Crippen LogP contribution in [0.25, 0.3) is 0 Å². The molecule has 1 radical (unpaired) electrons. The average Bonchev–Trinajstić information content (AvgIpc) is 2.64. The van der Waals surface area contributed by atoms with Crippen LogP contribution in [-0.4, -0.2) is 48.8 Å². The number of allylic oxidation sites excluding steroid dienone is 1. The molecule has 0 aliphatic carbocycles. The van der Waals surface area contributed by atoms with E-state index >= 15 is 0 Å². The lowest BCUT2D eigenvalue weighted by Gasteiger charge is -2.23. The summed E-state index contributed by atoms with van der Waals surface area (Å²) in [6.45, 7) is 1.18. The largest absolute Gasteiger partial charge is 0.387 e. The second-order valence-electron chi connectivity index (χ2n) is 5.00. The second kappa shape index (κ2) is 7.47. The highest BCUT2D eigenvalue weighted by molar-refractivity contribution is 5.89. The first-order valence-corrected chi connectivity index (χ1v) is 7.02. The number of dihydropyridines is 1. The van der Waals surface area contributed by atoms with Gasteiger partial charge in [-0.05, 0) is 37.6 Å². The molecule has 113 valence electrons. The van der Waals surface area contributed by atoms with Crippen molar-refractivity contribution in [3.8, 4) is 0 Å². The molecule has 2 heterocycles. The molecule has 0 aromatic carbocycles. The van der Waals surface area contributed by atoms with E-state index in [1.807, 2.05) is 6.08 Å². The highest BCUT2D eigenvalue weighted by Gasteiger charge is 2.27. The third-order valence-electron chi connectivity index (χ3n) is 3.45. The van der Waals surface area contributed by atoms with Crippen molar-refractivity contribution in [3.63, 3.8) is 0 Å². The zero-order chi connectivity index (χ0) is 15.1. The summed E-state index contributed by atoms with van der Waals surface area (Å²) in [5, 5.41) is 8.14. The van der Waals surface area contributed by atoms with Crippen molar-refractivity contribution in [2.75, 3.05) is 19.6 Å². The molecule has 2 aliphatic heterocycles. The fraction of sp³-hybridized carbons (Fsp3) is 0.500. The standard InChI is InChI=1S/C14H19N4O3/c19-10-16-12-3-1-2-8-18(14(12)21)9-13(20)17-11-4-6-15-7-5-11/h4-6,12,15H,1-3,7-9H2,(H,16,19)(H,17,20)/t12-/m0/s1. The maximum atomic E-state index is 12.2. The Morgan fingerprint density at radius 2 is 2.33 bits per heavy atom. The predicted molar refractivity (Wildman–Crippen MR) is 76.4 cm³/mol. The fourth-order valence-corrected chi connectivity index (χ4v) is 2.39. The van der Waals surface area contributed by atoms with Crippen molar-refractivity contribution >= 4 is 18.2 Å². The summed E-state index contributed by atoms with van der Waals surface area (Å²) >= 11 is 0. The van der Waals surface area contributed by atoms with Crippen LogP contribution in [0, 0.1) is 0 Å². The Labute approximate surface area is 123 Å². The van der Waals surface area contributed by atoms with Crippen molar-refractivity contribution in [1.82, 2.24) is 20.9 Å². The van der Waals surface area contributed by atoms with Gasteiger partial charge >= 0.3 is 6.41 Å². The molecule has 1 saturated heterocycles. The molecule has 2 aliphatic rings. The molecule has 0 unspecified atom stereocenters. The highest BCUT2D eigenvalue weighted by atomic mass is 16.2. The molecule has 2 rings (SSSR count). The van der Waals surface area contributed by atoms with Gasteiger partial charge in [0.05, 0.1) is 6.54 Å². The van der Waals surface area contributed by atoms with Gasteiger partial charge in [-0.15, -0.1) is 0 Å². The van der Waals surface area contributed by atoms with Crippen molar-refractivity contribution in [2.24, 2.45) is 0 Å². The second-order valence-corrected chi connectivity index (χ2v) is 5.00. The summed E-state index contributed by atoms with van der Waals surface area (Å²) in [4.78, 5) is 36.1. The zero-order valence-electron chi connectivity index (χ0n) is 11.7. The van der Waals surface area contributed by atoms with E-state index in [1.165, 1.54) is 4.90 Å². The quantitative estimate of drug-likeness (QED) is 0.575. The lowest BCUT2D eigenvalue weighted by Crippen LogP contribution is -2.48. The smallest absolute Gasteiger partial charge is 0.309 e. The van der Waals surface area contributed by atoms with Gasteiger partial charge in [0.15, 0.2) is 0 Å². The monoisotopic (exact) mass is 291 g/mol. The van der Waals surface area contributed by atoms with Gasteiger partial charge in [-0.1, -0.05) is 0 Å². The predicted octanol–water partition coefficient (Wildman–Crippen LogP) is -0.859. The molecule has 0 spiro atoms. The van der Waals surface area contributed by atoms with Gasteiger partial charge in [0, 0.05) is 18.8 Å². The molecule has 0 aromatic rings. The van der Waals surface area contributed by atoms with Crippen molar-refractivity contribution in [1.29, 1.82) is 0 Å². The molecular weight excluding hydrogens is 272 g/mol. The summed E-state index contributed by atoms with van der Waals surface area (Å²) in [6.07, 6.45) is 9.18. The Bertz CT molecular complexity index is 473. The number of nitrogens with zero attached hydrogens (tertiary/aromatic N) is 1. The van der Waals surface area contributed by atoms with Gasteiger partial charge in [-0.2, -0.15) is 0 Å². The van der Waals surface area contributed by atoms with Crippen LogP contribution in [0.3, 0.4) is 0 Å². The molecule has 1 atom stereocenters. The molecule has 21 heavy (non-hydrogen) atoms. The van der Waals surface area contributed by atoms with Crippen LogP contribution < -0.4 is 16.0 Å². The van der Waals surface area contributed by atoms with E-state index in [1.54, 1.807) is 18.7 Å². The van der Waals surface area contributed by atoms with Crippen LogP contribution in [0.15, 0.2) is 24.0 Å². The minimum atomic E-state index is -0.573. The van der Waals surface area contributed by atoms with Gasteiger partial charge in [-0.3, -0.25) is 14.4 Å². The number of hydrogen-bond acceptors (Lipinski definition) is 4. The summed E-state index contributed by atoms with van der Waals surface area (Å²) in [5.74, 6) is -0.460. The van der Waals surface area contributed by atoms with Crippen LogP contribution in [0.4, 0.5) is 0 Å². The van der Waals surface area contributed by atoms with E-state index in [2.05, 4.69) is 16.0 Å². The van der Waals surface area contributed by atoms with Gasteiger partial charge in [0.1, 0.15) is 6.04 Å². The lowest BCUT2D eigenvalue weighted by molar-refractivity contribution is -0.136. The Kier molecular flexibility index (Phi) is 5.36. The van der Waals surface area contributed by atoms with Gasteiger partial charge < -0.3 is 20.9 Å². The zero-order valence-corrected chi connectivity index (χ0v) is 11.7. The van der Waals surface area contributed by atoms with E-state index in [0.717, 1.165) is 18.5 Å². The van der Waals surface area contributed by atoms with Crippen molar-refractivity contribution < 1.29 is 14.4 Å². The van der Waals surface area contributed by atoms with Crippen LogP contribution in [-0.2, 0) is 14.4 Å². The van der Waals surface area contributed by atoms with Crippen LogP contribution in [0.2, 0.25) is 0 Å². The minimum Gasteiger partial charge on any atom is -0.387 e. The number of carbonyl (C=O) groups is 2. The Morgan fingerprint density at radius 3 is 3.05 bits per heavy atom. The van der Waals surface area contributed by atoms with Gasteiger partial charge in [0.25, 0.3) is 0 Å². The van der Waals surface area contributed by atoms with Crippen molar-refractivity contribution in [3.05, 3.63) is 24.0 Å². The summed E-state index contributed by atoms with van der Waals surface area (Å²) in [5.41, 5.74) is 0.719. The third-order valence-corrected chi connectivity index (χ3v) is 3.45. The number of amides is 3. The molecule has 0 saturated carbocycles. The Morgan fingerprint density at radius 1 is 1.48 bits per heavy atom. The first-order chi connectivity index (χ1) is 10.2. The Hall–Kier alpha value is -2.31. The molecule has 1 fully saturated rings. The van der Waals surface area contributed by atoms with E-state index in [4.69, 9.17) is 0 Å². The maximum absolute atomic E-state index is 12.2. The molecule has 0 bridgehead atoms. The average molecular weight is 291 g/mol. The van der Waals surface area contributed by atoms with Gasteiger partial charge in [-0.25, -0.2) is 0 Å². The van der Waals surface area contributed by atoms with Crippen LogP contribution in [0.1, 0.15) is 19.3 Å². The third kappa shape index (κ3) is 4.34. The van der Waals surface area contributed by atoms with Gasteiger partial charge in [0.2, 0.25) is 11.8 Å². The normalized spacial score (nSPS) is 21.9.